The Hall–Kier alpha value is -1.79. The summed E-state index contributed by atoms with van der Waals surface area (Å²) >= 11 is 0. The Labute approximate surface area is 184 Å². The zero-order valence-electron chi connectivity index (χ0n) is 20.2. The molecule has 0 aromatic carbocycles. The Morgan fingerprint density at radius 2 is 1.47 bits per heavy atom. The molecule has 0 fully saturated rings. The van der Waals surface area contributed by atoms with E-state index in [1.807, 2.05) is 25.9 Å². The van der Waals surface area contributed by atoms with Gasteiger partial charge in [-0.1, -0.05) is 58.3 Å². The van der Waals surface area contributed by atoms with Crippen LogP contribution in [-0.2, 0) is 9.59 Å². The quantitative estimate of drug-likeness (QED) is 0.189. The molecule has 0 bridgehead atoms. The molecule has 2 amide bonds. The van der Waals surface area contributed by atoms with Crippen molar-refractivity contribution in [2.24, 2.45) is 4.99 Å². The summed E-state index contributed by atoms with van der Waals surface area (Å²) in [6, 6.07) is -0.473. The van der Waals surface area contributed by atoms with E-state index in [0.29, 0.717) is 25.9 Å². The van der Waals surface area contributed by atoms with Crippen LogP contribution < -0.4 is 16.0 Å². The molecule has 30 heavy (non-hydrogen) atoms. The van der Waals surface area contributed by atoms with Crippen LogP contribution in [0.15, 0.2) is 4.99 Å². The number of rotatable bonds is 17. The van der Waals surface area contributed by atoms with Crippen LogP contribution in [0.4, 0.5) is 0 Å². The predicted molar refractivity (Wildman–Crippen MR) is 127 cm³/mol. The molecular formula is C23H47N5O2. The number of carbonyl (C=O) groups excluding carboxylic acids is 2. The molecule has 176 valence electrons. The van der Waals surface area contributed by atoms with Crippen molar-refractivity contribution < 1.29 is 9.59 Å². The first-order valence-corrected chi connectivity index (χ1v) is 11.9. The lowest BCUT2D eigenvalue weighted by molar-refractivity contribution is -0.129. The number of likely N-dealkylation sites (N-methyl/N-ethyl adjacent to an activating group) is 1. The van der Waals surface area contributed by atoms with Crippen molar-refractivity contribution in [3.05, 3.63) is 0 Å². The minimum atomic E-state index is -0.473. The molecule has 0 aliphatic carbocycles. The highest BCUT2D eigenvalue weighted by Gasteiger charge is 2.19. The summed E-state index contributed by atoms with van der Waals surface area (Å²) in [6.45, 7) is 5.39. The van der Waals surface area contributed by atoms with E-state index in [2.05, 4.69) is 27.9 Å². The van der Waals surface area contributed by atoms with Gasteiger partial charge in [0.1, 0.15) is 6.04 Å². The van der Waals surface area contributed by atoms with Crippen molar-refractivity contribution in [1.82, 2.24) is 20.9 Å². The molecule has 0 aromatic rings. The fourth-order valence-corrected chi connectivity index (χ4v) is 3.37. The summed E-state index contributed by atoms with van der Waals surface area (Å²) < 4.78 is 0. The lowest BCUT2D eigenvalue weighted by atomic mass is 10.1. The van der Waals surface area contributed by atoms with Gasteiger partial charge in [-0.15, -0.1) is 0 Å². The highest BCUT2D eigenvalue weighted by molar-refractivity contribution is 5.87. The average molecular weight is 426 g/mol. The molecule has 0 aliphatic heterocycles. The number of hydrogen-bond acceptors (Lipinski definition) is 3. The third-order valence-electron chi connectivity index (χ3n) is 5.10. The van der Waals surface area contributed by atoms with E-state index in [1.165, 1.54) is 44.9 Å². The predicted octanol–water partition coefficient (Wildman–Crippen LogP) is 3.45. The highest BCUT2D eigenvalue weighted by Crippen LogP contribution is 2.10. The Morgan fingerprint density at radius 3 is 2.00 bits per heavy atom. The maximum absolute atomic E-state index is 12.3. The lowest BCUT2D eigenvalue weighted by Gasteiger charge is -2.20. The lowest BCUT2D eigenvalue weighted by Crippen LogP contribution is -2.47. The fraction of sp³-hybridized carbons (Fsp3) is 0.870. The van der Waals surface area contributed by atoms with Crippen molar-refractivity contribution in [3.63, 3.8) is 0 Å². The second-order valence-corrected chi connectivity index (χ2v) is 8.10. The van der Waals surface area contributed by atoms with Crippen molar-refractivity contribution in [2.75, 3.05) is 34.2 Å². The van der Waals surface area contributed by atoms with Crippen molar-refractivity contribution >= 4 is 17.8 Å². The molecule has 0 aromatic heterocycles. The monoisotopic (exact) mass is 425 g/mol. The van der Waals surface area contributed by atoms with Crippen LogP contribution in [-0.4, -0.2) is 62.9 Å². The number of nitrogens with one attached hydrogen (secondary N) is 3. The van der Waals surface area contributed by atoms with Gasteiger partial charge in [-0.05, 0) is 26.2 Å². The number of hydrogen-bond donors (Lipinski definition) is 3. The van der Waals surface area contributed by atoms with E-state index in [0.717, 1.165) is 25.2 Å². The second kappa shape index (κ2) is 19.2. The van der Waals surface area contributed by atoms with Crippen molar-refractivity contribution in [1.29, 1.82) is 0 Å². The second-order valence-electron chi connectivity index (χ2n) is 8.10. The maximum Gasteiger partial charge on any atom is 0.242 e. The Morgan fingerprint density at radius 1 is 0.867 bits per heavy atom. The summed E-state index contributed by atoms with van der Waals surface area (Å²) in [4.78, 5) is 30.7. The van der Waals surface area contributed by atoms with Crippen LogP contribution in [0.25, 0.3) is 0 Å². The first-order valence-electron chi connectivity index (χ1n) is 11.9. The first kappa shape index (κ1) is 28.2. The normalized spacial score (nSPS) is 12.4. The molecule has 3 N–H and O–H groups in total. The average Bonchev–Trinajstić information content (AvgIpc) is 2.71. The van der Waals surface area contributed by atoms with Crippen LogP contribution in [0.2, 0.25) is 0 Å². The summed E-state index contributed by atoms with van der Waals surface area (Å²) in [7, 11) is 5.60. The van der Waals surface area contributed by atoms with E-state index in [9.17, 15) is 9.59 Å². The zero-order valence-corrected chi connectivity index (χ0v) is 20.2. The molecule has 1 unspecified atom stereocenters. The number of guanidine groups is 1. The topological polar surface area (TPSA) is 85.8 Å². The van der Waals surface area contributed by atoms with Gasteiger partial charge in [-0.3, -0.25) is 14.6 Å². The largest absolute Gasteiger partial charge is 0.356 e. The van der Waals surface area contributed by atoms with Gasteiger partial charge < -0.3 is 20.9 Å². The number of aliphatic imine (C=N–C) groups is 1. The molecule has 0 rings (SSSR count). The van der Waals surface area contributed by atoms with Gasteiger partial charge in [-0.2, -0.15) is 0 Å². The number of carbonyl (C=O) groups is 2. The molecule has 0 spiro atoms. The van der Waals surface area contributed by atoms with E-state index >= 15 is 0 Å². The van der Waals surface area contributed by atoms with E-state index in [4.69, 9.17) is 0 Å². The van der Waals surface area contributed by atoms with Gasteiger partial charge in [0.2, 0.25) is 11.8 Å². The molecule has 0 saturated carbocycles. The van der Waals surface area contributed by atoms with Crippen molar-refractivity contribution in [2.45, 2.75) is 96.9 Å². The number of nitrogens with zero attached hydrogens (tertiary/aromatic N) is 2. The Bertz CT molecular complexity index is 480. The molecule has 0 saturated heterocycles. The molecule has 0 radical (unpaired) electrons. The third kappa shape index (κ3) is 15.1. The van der Waals surface area contributed by atoms with E-state index in [1.54, 1.807) is 7.05 Å². The van der Waals surface area contributed by atoms with Crippen LogP contribution in [0.5, 0.6) is 0 Å². The minimum Gasteiger partial charge on any atom is -0.356 e. The van der Waals surface area contributed by atoms with Crippen molar-refractivity contribution in [3.8, 4) is 0 Å². The summed E-state index contributed by atoms with van der Waals surface area (Å²) in [5, 5.41) is 9.01. The van der Waals surface area contributed by atoms with Crippen LogP contribution >= 0.6 is 0 Å². The summed E-state index contributed by atoms with van der Waals surface area (Å²) in [5.74, 6) is 0.681. The standard InChI is InChI=1S/C23H47N5O2/c1-6-8-9-10-11-12-13-14-15-18-21(29)27-20(22(30)25-7-2)17-16-19-26-23(24-3)28(4)5/h20H,6-19H2,1-5H3,(H,24,26)(H,25,30)(H,27,29). The SMILES string of the molecule is CCCCCCCCCCCC(=O)NC(CCCNC(=NC)N(C)C)C(=O)NCC. The fourth-order valence-electron chi connectivity index (χ4n) is 3.37. The number of amides is 2. The van der Waals surface area contributed by atoms with Crippen LogP contribution in [0.1, 0.15) is 90.9 Å². The van der Waals surface area contributed by atoms with Gasteiger partial charge in [0.15, 0.2) is 5.96 Å². The zero-order chi connectivity index (χ0) is 22.6. The Balaban J connectivity index is 4.13. The molecule has 7 heteroatoms. The molecule has 7 nitrogen and oxygen atoms in total. The molecule has 0 aliphatic rings. The van der Waals surface area contributed by atoms with E-state index in [-0.39, 0.29) is 11.8 Å². The van der Waals surface area contributed by atoms with Gasteiger partial charge in [-0.25, -0.2) is 0 Å². The molecule has 1 atom stereocenters. The van der Waals surface area contributed by atoms with Gasteiger partial charge >= 0.3 is 0 Å². The molecule has 0 heterocycles. The highest BCUT2D eigenvalue weighted by atomic mass is 16.2. The smallest absolute Gasteiger partial charge is 0.242 e. The number of unbranched alkanes of at least 4 members (excludes halogenated alkanes) is 8. The maximum atomic E-state index is 12.3. The third-order valence-corrected chi connectivity index (χ3v) is 5.10. The van der Waals surface area contributed by atoms with Gasteiger partial charge in [0.25, 0.3) is 0 Å². The first-order chi connectivity index (χ1) is 14.5. The summed E-state index contributed by atoms with van der Waals surface area (Å²) in [5.41, 5.74) is 0. The molecular weight excluding hydrogens is 378 g/mol. The summed E-state index contributed by atoms with van der Waals surface area (Å²) in [6.07, 6.45) is 12.9. The minimum absolute atomic E-state index is 0.0220. The van der Waals surface area contributed by atoms with Crippen LogP contribution in [0.3, 0.4) is 0 Å². The van der Waals surface area contributed by atoms with Crippen LogP contribution in [0, 0.1) is 0 Å². The van der Waals surface area contributed by atoms with Gasteiger partial charge in [0.05, 0.1) is 0 Å². The Kier molecular flexibility index (Phi) is 18.0. The van der Waals surface area contributed by atoms with Gasteiger partial charge in [0, 0.05) is 40.7 Å². The van der Waals surface area contributed by atoms with E-state index < -0.39 is 6.04 Å².